The van der Waals surface area contributed by atoms with E-state index in [1.807, 2.05) is 23.1 Å². The van der Waals surface area contributed by atoms with Gasteiger partial charge in [-0.1, -0.05) is 43.8 Å². The molecule has 0 bridgehead atoms. The number of likely N-dealkylation sites (tertiary alicyclic amines) is 1. The van der Waals surface area contributed by atoms with Crippen LogP contribution in [0.4, 0.5) is 0 Å². The number of hydrogen-bond donors (Lipinski definition) is 0. The van der Waals surface area contributed by atoms with Gasteiger partial charge in [-0.15, -0.1) is 10.2 Å². The minimum absolute atomic E-state index is 0.173. The van der Waals surface area contributed by atoms with Crippen molar-refractivity contribution in [1.29, 1.82) is 0 Å². The van der Waals surface area contributed by atoms with Crippen LogP contribution in [0.15, 0.2) is 53.9 Å². The first kappa shape index (κ1) is 21.6. The quantitative estimate of drug-likeness (QED) is 0.513. The van der Waals surface area contributed by atoms with Crippen LogP contribution in [0, 0.1) is 0 Å². The third-order valence-electron chi connectivity index (χ3n) is 5.80. The molecule has 162 valence electrons. The molecule has 0 aliphatic carbocycles. The van der Waals surface area contributed by atoms with E-state index in [0.717, 1.165) is 41.6 Å². The lowest BCUT2D eigenvalue weighted by Crippen LogP contribution is -2.42. The Hall–Kier alpha value is -2.67. The molecule has 1 fully saturated rings. The number of amides is 1. The first-order chi connectivity index (χ1) is 15.1. The zero-order valence-corrected chi connectivity index (χ0v) is 19.2. The number of aromatic nitrogens is 4. The van der Waals surface area contributed by atoms with Gasteiger partial charge in [0.25, 0.3) is 0 Å². The monoisotopic (exact) mass is 435 g/mol. The SMILES string of the molecule is CC(C)c1ccccc1-n1c(SCC(=O)N2CCCCC2C)nnc1-c1cccnc1. The van der Waals surface area contributed by atoms with E-state index < -0.39 is 0 Å². The summed E-state index contributed by atoms with van der Waals surface area (Å²) in [6, 6.07) is 12.5. The van der Waals surface area contributed by atoms with E-state index >= 15 is 0 Å². The maximum absolute atomic E-state index is 12.9. The Balaban J connectivity index is 1.69. The van der Waals surface area contributed by atoms with E-state index in [1.165, 1.54) is 23.7 Å². The number of thioether (sulfide) groups is 1. The van der Waals surface area contributed by atoms with Crippen molar-refractivity contribution in [2.45, 2.75) is 57.1 Å². The molecule has 4 rings (SSSR count). The van der Waals surface area contributed by atoms with Crippen molar-refractivity contribution in [2.24, 2.45) is 0 Å². The number of piperidine rings is 1. The highest BCUT2D eigenvalue weighted by Gasteiger charge is 2.25. The number of benzene rings is 1. The van der Waals surface area contributed by atoms with Gasteiger partial charge in [-0.25, -0.2) is 0 Å². The summed E-state index contributed by atoms with van der Waals surface area (Å²) in [5, 5.41) is 9.71. The fourth-order valence-electron chi connectivity index (χ4n) is 4.12. The number of carbonyl (C=O) groups is 1. The van der Waals surface area contributed by atoms with Gasteiger partial charge in [0.15, 0.2) is 11.0 Å². The van der Waals surface area contributed by atoms with Crippen LogP contribution in [0.3, 0.4) is 0 Å². The van der Waals surface area contributed by atoms with Crippen LogP contribution >= 0.6 is 11.8 Å². The van der Waals surface area contributed by atoms with Gasteiger partial charge in [0.2, 0.25) is 5.91 Å². The number of rotatable bonds is 6. The molecule has 0 radical (unpaired) electrons. The summed E-state index contributed by atoms with van der Waals surface area (Å²) >= 11 is 1.46. The van der Waals surface area contributed by atoms with E-state index in [-0.39, 0.29) is 5.91 Å². The maximum Gasteiger partial charge on any atom is 0.233 e. The molecule has 3 heterocycles. The molecule has 1 saturated heterocycles. The normalized spacial score (nSPS) is 16.6. The van der Waals surface area contributed by atoms with Gasteiger partial charge in [-0.2, -0.15) is 0 Å². The Morgan fingerprint density at radius 3 is 2.74 bits per heavy atom. The van der Waals surface area contributed by atoms with Crippen molar-refractivity contribution in [1.82, 2.24) is 24.6 Å². The average Bonchev–Trinajstić information content (AvgIpc) is 3.22. The molecule has 0 N–H and O–H groups in total. The third-order valence-corrected chi connectivity index (χ3v) is 6.71. The molecule has 1 amide bonds. The van der Waals surface area contributed by atoms with E-state index in [0.29, 0.717) is 17.7 Å². The summed E-state index contributed by atoms with van der Waals surface area (Å²) in [6.45, 7) is 7.36. The molecular weight excluding hydrogens is 406 g/mol. The Kier molecular flexibility index (Phi) is 6.70. The van der Waals surface area contributed by atoms with Gasteiger partial charge in [0.1, 0.15) is 0 Å². The predicted molar refractivity (Wildman–Crippen MR) is 124 cm³/mol. The molecule has 3 aromatic rings. The van der Waals surface area contributed by atoms with Crippen molar-refractivity contribution in [3.05, 3.63) is 54.4 Å². The fourth-order valence-corrected chi connectivity index (χ4v) is 4.95. The number of hydrogen-bond acceptors (Lipinski definition) is 5. The third kappa shape index (κ3) is 4.66. The molecule has 1 unspecified atom stereocenters. The summed E-state index contributed by atoms with van der Waals surface area (Å²) < 4.78 is 2.07. The lowest BCUT2D eigenvalue weighted by Gasteiger charge is -2.33. The van der Waals surface area contributed by atoms with Gasteiger partial charge in [-0.3, -0.25) is 14.3 Å². The Labute approximate surface area is 188 Å². The molecule has 1 aliphatic rings. The number of nitrogens with zero attached hydrogens (tertiary/aromatic N) is 5. The van der Waals surface area contributed by atoms with Crippen LogP contribution in [0.25, 0.3) is 17.1 Å². The van der Waals surface area contributed by atoms with Crippen molar-refractivity contribution in [3.8, 4) is 17.1 Å². The number of carbonyl (C=O) groups excluding carboxylic acids is 1. The second kappa shape index (κ2) is 9.64. The van der Waals surface area contributed by atoms with Gasteiger partial charge >= 0.3 is 0 Å². The first-order valence-electron chi connectivity index (χ1n) is 10.9. The van der Waals surface area contributed by atoms with Gasteiger partial charge in [0.05, 0.1) is 11.4 Å². The second-order valence-corrected chi connectivity index (χ2v) is 9.26. The Bertz CT molecular complexity index is 1030. The molecular formula is C24H29N5OS. The van der Waals surface area contributed by atoms with Gasteiger partial charge in [0, 0.05) is 30.5 Å². The highest BCUT2D eigenvalue weighted by molar-refractivity contribution is 7.99. The smallest absolute Gasteiger partial charge is 0.233 e. The molecule has 31 heavy (non-hydrogen) atoms. The van der Waals surface area contributed by atoms with Crippen LogP contribution < -0.4 is 0 Å². The molecule has 6 nitrogen and oxygen atoms in total. The minimum atomic E-state index is 0.173. The van der Waals surface area contributed by atoms with Crippen molar-refractivity contribution >= 4 is 17.7 Å². The zero-order chi connectivity index (χ0) is 21.8. The van der Waals surface area contributed by atoms with Crippen LogP contribution in [0.2, 0.25) is 0 Å². The average molecular weight is 436 g/mol. The summed E-state index contributed by atoms with van der Waals surface area (Å²) in [7, 11) is 0. The van der Waals surface area contributed by atoms with E-state index in [2.05, 4.69) is 58.7 Å². The summed E-state index contributed by atoms with van der Waals surface area (Å²) in [6.07, 6.45) is 6.92. The highest BCUT2D eigenvalue weighted by atomic mass is 32.2. The Morgan fingerprint density at radius 2 is 2.00 bits per heavy atom. The van der Waals surface area contributed by atoms with Crippen LogP contribution in [0.1, 0.15) is 51.5 Å². The molecule has 7 heteroatoms. The number of pyridine rings is 1. The maximum atomic E-state index is 12.9. The summed E-state index contributed by atoms with van der Waals surface area (Å²) in [4.78, 5) is 19.2. The van der Waals surface area contributed by atoms with E-state index in [1.54, 1.807) is 12.4 Å². The second-order valence-electron chi connectivity index (χ2n) is 8.32. The molecule has 2 aromatic heterocycles. The fraction of sp³-hybridized carbons (Fsp3) is 0.417. The van der Waals surface area contributed by atoms with Crippen LogP contribution in [-0.2, 0) is 4.79 Å². The van der Waals surface area contributed by atoms with Gasteiger partial charge in [-0.05, 0) is 55.9 Å². The zero-order valence-electron chi connectivity index (χ0n) is 18.4. The predicted octanol–water partition coefficient (Wildman–Crippen LogP) is 4.95. The number of para-hydroxylation sites is 1. The van der Waals surface area contributed by atoms with E-state index in [4.69, 9.17) is 0 Å². The minimum Gasteiger partial charge on any atom is -0.339 e. The summed E-state index contributed by atoms with van der Waals surface area (Å²) in [5.41, 5.74) is 3.16. The lowest BCUT2D eigenvalue weighted by molar-refractivity contribution is -0.131. The topological polar surface area (TPSA) is 63.9 Å². The van der Waals surface area contributed by atoms with Crippen molar-refractivity contribution < 1.29 is 4.79 Å². The molecule has 1 aromatic carbocycles. The van der Waals surface area contributed by atoms with E-state index in [9.17, 15) is 4.79 Å². The summed E-state index contributed by atoms with van der Waals surface area (Å²) in [5.74, 6) is 1.61. The molecule has 1 atom stereocenters. The molecule has 1 aliphatic heterocycles. The lowest BCUT2D eigenvalue weighted by atomic mass is 10.0. The van der Waals surface area contributed by atoms with Crippen molar-refractivity contribution in [3.63, 3.8) is 0 Å². The van der Waals surface area contributed by atoms with Crippen LogP contribution in [-0.4, -0.2) is 48.9 Å². The van der Waals surface area contributed by atoms with Crippen molar-refractivity contribution in [2.75, 3.05) is 12.3 Å². The van der Waals surface area contributed by atoms with Crippen LogP contribution in [0.5, 0.6) is 0 Å². The first-order valence-corrected chi connectivity index (χ1v) is 11.9. The Morgan fingerprint density at radius 1 is 1.16 bits per heavy atom. The molecule has 0 spiro atoms. The molecule has 0 saturated carbocycles. The standard InChI is InChI=1S/C24H29N5OS/c1-17(2)20-11-4-5-12-21(20)29-23(19-10-8-13-25-15-19)26-27-24(29)31-16-22(30)28-14-7-6-9-18(28)3/h4-5,8,10-13,15,17-18H,6-7,9,14,16H2,1-3H3. The highest BCUT2D eigenvalue weighted by Crippen LogP contribution is 2.32. The van der Waals surface area contributed by atoms with Gasteiger partial charge < -0.3 is 4.90 Å². The largest absolute Gasteiger partial charge is 0.339 e.